The van der Waals surface area contributed by atoms with E-state index >= 15 is 0 Å². The third-order valence-corrected chi connectivity index (χ3v) is 3.91. The predicted molar refractivity (Wildman–Crippen MR) is 93.9 cm³/mol. The number of methoxy groups -OCH3 is 1. The Kier molecular flexibility index (Phi) is 6.07. The van der Waals surface area contributed by atoms with Crippen molar-refractivity contribution in [2.75, 3.05) is 19.0 Å². The minimum Gasteiger partial charge on any atom is -0.506 e. The van der Waals surface area contributed by atoms with Crippen molar-refractivity contribution in [3.8, 4) is 17.2 Å². The molecule has 0 aliphatic heterocycles. The minimum absolute atomic E-state index is 0.0607. The van der Waals surface area contributed by atoms with Crippen molar-refractivity contribution < 1.29 is 19.4 Å². The molecule has 0 heterocycles. The number of aromatic hydroxyl groups is 1. The Labute approximate surface area is 142 Å². The van der Waals surface area contributed by atoms with Gasteiger partial charge in [-0.25, -0.2) is 0 Å². The largest absolute Gasteiger partial charge is 0.506 e. The van der Waals surface area contributed by atoms with Gasteiger partial charge in [0.25, 0.3) is 5.91 Å². The lowest BCUT2D eigenvalue weighted by atomic mass is 9.98. The molecule has 0 bridgehead atoms. The summed E-state index contributed by atoms with van der Waals surface area (Å²) in [6, 6.07) is 12.3. The first kappa shape index (κ1) is 17.7. The maximum Gasteiger partial charge on any atom is 0.262 e. The third-order valence-electron chi connectivity index (χ3n) is 3.91. The zero-order valence-electron chi connectivity index (χ0n) is 14.2. The summed E-state index contributed by atoms with van der Waals surface area (Å²) in [4.78, 5) is 12.0. The number of rotatable bonds is 7. The number of phenolic OH excluding ortho intramolecular Hbond substituents is 1. The molecule has 0 aromatic heterocycles. The van der Waals surface area contributed by atoms with Gasteiger partial charge in [0, 0.05) is 0 Å². The van der Waals surface area contributed by atoms with E-state index in [2.05, 4.69) is 19.2 Å². The molecule has 0 aliphatic carbocycles. The van der Waals surface area contributed by atoms with Gasteiger partial charge in [0.2, 0.25) is 0 Å². The van der Waals surface area contributed by atoms with Gasteiger partial charge in [-0.15, -0.1) is 0 Å². The van der Waals surface area contributed by atoms with Crippen molar-refractivity contribution >= 4 is 11.6 Å². The Hall–Kier alpha value is -2.69. The van der Waals surface area contributed by atoms with Crippen molar-refractivity contribution in [2.45, 2.75) is 26.2 Å². The van der Waals surface area contributed by atoms with Gasteiger partial charge in [-0.1, -0.05) is 19.9 Å². The fourth-order valence-electron chi connectivity index (χ4n) is 2.20. The summed E-state index contributed by atoms with van der Waals surface area (Å²) in [6.07, 6.45) is 0.987. The summed E-state index contributed by atoms with van der Waals surface area (Å²) in [5, 5.41) is 12.7. The second-order valence-corrected chi connectivity index (χ2v) is 5.60. The van der Waals surface area contributed by atoms with Gasteiger partial charge in [-0.05, 0) is 54.3 Å². The highest BCUT2D eigenvalue weighted by Gasteiger charge is 2.10. The number of hydrogen-bond donors (Lipinski definition) is 2. The number of anilines is 1. The maximum atomic E-state index is 12.0. The highest BCUT2D eigenvalue weighted by atomic mass is 16.5. The normalized spacial score (nSPS) is 11.6. The van der Waals surface area contributed by atoms with Gasteiger partial charge >= 0.3 is 0 Å². The molecule has 1 atom stereocenters. The van der Waals surface area contributed by atoms with Crippen LogP contribution < -0.4 is 14.8 Å². The topological polar surface area (TPSA) is 67.8 Å². The second-order valence-electron chi connectivity index (χ2n) is 5.60. The van der Waals surface area contributed by atoms with Crippen LogP contribution in [-0.4, -0.2) is 24.7 Å². The van der Waals surface area contributed by atoms with Crippen LogP contribution in [0.4, 0.5) is 5.69 Å². The van der Waals surface area contributed by atoms with E-state index in [1.807, 2.05) is 6.07 Å². The van der Waals surface area contributed by atoms with E-state index < -0.39 is 0 Å². The van der Waals surface area contributed by atoms with Gasteiger partial charge in [0.15, 0.2) is 6.61 Å². The highest BCUT2D eigenvalue weighted by molar-refractivity contribution is 5.93. The standard InChI is InChI=1S/C19H23NO4/c1-4-13(2)14-5-10-17(18(21)11-14)20-19(22)12-24-16-8-6-15(23-3)7-9-16/h5-11,13,21H,4,12H2,1-3H3,(H,20,22)/t13-/m0/s1. The average Bonchev–Trinajstić information content (AvgIpc) is 2.61. The molecule has 128 valence electrons. The number of benzene rings is 2. The summed E-state index contributed by atoms with van der Waals surface area (Å²) in [5.41, 5.74) is 1.42. The number of ether oxygens (including phenoxy) is 2. The van der Waals surface area contributed by atoms with Crippen molar-refractivity contribution in [3.05, 3.63) is 48.0 Å². The molecule has 2 aromatic carbocycles. The molecule has 0 unspecified atom stereocenters. The number of hydrogen-bond acceptors (Lipinski definition) is 4. The SMILES string of the molecule is CC[C@H](C)c1ccc(NC(=O)COc2ccc(OC)cc2)c(O)c1. The summed E-state index contributed by atoms with van der Waals surface area (Å²) >= 11 is 0. The van der Waals surface area contributed by atoms with Gasteiger partial charge < -0.3 is 19.9 Å². The zero-order chi connectivity index (χ0) is 17.5. The molecular weight excluding hydrogens is 306 g/mol. The monoisotopic (exact) mass is 329 g/mol. The molecular formula is C19H23NO4. The van der Waals surface area contributed by atoms with E-state index in [9.17, 15) is 9.90 Å². The smallest absolute Gasteiger partial charge is 0.262 e. The molecule has 0 aliphatic rings. The number of carbonyl (C=O) groups excluding carboxylic acids is 1. The molecule has 0 spiro atoms. The van der Waals surface area contributed by atoms with Crippen LogP contribution in [0, 0.1) is 0 Å². The molecule has 5 heteroatoms. The Bertz CT molecular complexity index is 682. The fourth-order valence-corrected chi connectivity index (χ4v) is 2.20. The van der Waals surface area contributed by atoms with Crippen molar-refractivity contribution in [1.82, 2.24) is 0 Å². The highest BCUT2D eigenvalue weighted by Crippen LogP contribution is 2.29. The minimum atomic E-state index is -0.336. The number of phenols is 1. The first-order chi connectivity index (χ1) is 11.5. The molecule has 2 rings (SSSR count). The van der Waals surface area contributed by atoms with Crippen LogP contribution in [-0.2, 0) is 4.79 Å². The van der Waals surface area contributed by atoms with Gasteiger partial charge in [-0.3, -0.25) is 4.79 Å². The molecule has 0 fully saturated rings. The van der Waals surface area contributed by atoms with Gasteiger partial charge in [-0.2, -0.15) is 0 Å². The summed E-state index contributed by atoms with van der Waals surface area (Å²) in [5.74, 6) is 1.38. The predicted octanol–water partition coefficient (Wildman–Crippen LogP) is 3.93. The van der Waals surface area contributed by atoms with Gasteiger partial charge in [0.1, 0.15) is 17.2 Å². The lowest BCUT2D eigenvalue weighted by molar-refractivity contribution is -0.118. The van der Waals surface area contributed by atoms with Crippen molar-refractivity contribution in [3.63, 3.8) is 0 Å². The first-order valence-electron chi connectivity index (χ1n) is 7.93. The Balaban J connectivity index is 1.91. The van der Waals surface area contributed by atoms with Gasteiger partial charge in [0.05, 0.1) is 12.8 Å². The summed E-state index contributed by atoms with van der Waals surface area (Å²) in [7, 11) is 1.59. The van der Waals surface area contributed by atoms with Crippen molar-refractivity contribution in [1.29, 1.82) is 0 Å². The maximum absolute atomic E-state index is 12.0. The van der Waals surface area contributed by atoms with E-state index in [4.69, 9.17) is 9.47 Å². The Morgan fingerprint density at radius 1 is 1.17 bits per heavy atom. The lowest BCUT2D eigenvalue weighted by Crippen LogP contribution is -2.20. The van der Waals surface area contributed by atoms with Crippen molar-refractivity contribution in [2.24, 2.45) is 0 Å². The molecule has 0 saturated heterocycles. The molecule has 0 saturated carbocycles. The van der Waals surface area contributed by atoms with Crippen LogP contribution in [0.1, 0.15) is 31.7 Å². The van der Waals surface area contributed by atoms with Crippen LogP contribution in [0.5, 0.6) is 17.2 Å². The average molecular weight is 329 g/mol. The molecule has 2 aromatic rings. The number of carbonyl (C=O) groups is 1. The number of amides is 1. The van der Waals surface area contributed by atoms with Crippen LogP contribution >= 0.6 is 0 Å². The van der Waals surface area contributed by atoms with Crippen LogP contribution in [0.3, 0.4) is 0 Å². The van der Waals surface area contributed by atoms with E-state index in [1.165, 1.54) is 0 Å². The lowest BCUT2D eigenvalue weighted by Gasteiger charge is -2.13. The molecule has 2 N–H and O–H groups in total. The van der Waals surface area contributed by atoms with E-state index in [0.29, 0.717) is 17.4 Å². The first-order valence-corrected chi connectivity index (χ1v) is 7.93. The van der Waals surface area contributed by atoms with Crippen LogP contribution in [0.25, 0.3) is 0 Å². The van der Waals surface area contributed by atoms with E-state index in [0.717, 1.165) is 17.7 Å². The molecule has 24 heavy (non-hydrogen) atoms. The molecule has 0 radical (unpaired) electrons. The van der Waals surface area contributed by atoms with Crippen LogP contribution in [0.2, 0.25) is 0 Å². The van der Waals surface area contributed by atoms with E-state index in [1.54, 1.807) is 43.5 Å². The molecule has 1 amide bonds. The second kappa shape index (κ2) is 8.24. The summed E-state index contributed by atoms with van der Waals surface area (Å²) < 4.78 is 10.5. The zero-order valence-corrected chi connectivity index (χ0v) is 14.2. The quantitative estimate of drug-likeness (QED) is 0.755. The number of nitrogens with one attached hydrogen (secondary N) is 1. The van der Waals surface area contributed by atoms with Crippen LogP contribution in [0.15, 0.2) is 42.5 Å². The summed E-state index contributed by atoms with van der Waals surface area (Å²) in [6.45, 7) is 4.04. The fraction of sp³-hybridized carbons (Fsp3) is 0.316. The van der Waals surface area contributed by atoms with E-state index in [-0.39, 0.29) is 18.3 Å². The molecule has 5 nitrogen and oxygen atoms in total. The Morgan fingerprint density at radius 3 is 2.42 bits per heavy atom. The Morgan fingerprint density at radius 2 is 1.83 bits per heavy atom. The third kappa shape index (κ3) is 4.65.